The van der Waals surface area contributed by atoms with Crippen molar-refractivity contribution in [3.05, 3.63) is 17.5 Å². The van der Waals surface area contributed by atoms with Crippen molar-refractivity contribution < 1.29 is 54.8 Å². The van der Waals surface area contributed by atoms with Crippen LogP contribution in [0.1, 0.15) is 49.4 Å². The summed E-state index contributed by atoms with van der Waals surface area (Å²) in [7, 11) is 0. The summed E-state index contributed by atoms with van der Waals surface area (Å²) >= 11 is 0. The number of carbonyl (C=O) groups is 4. The second-order valence-electron chi connectivity index (χ2n) is 10.6. The van der Waals surface area contributed by atoms with Gasteiger partial charge in [0.25, 0.3) is 5.91 Å². The van der Waals surface area contributed by atoms with E-state index in [4.69, 9.17) is 0 Å². The van der Waals surface area contributed by atoms with Gasteiger partial charge in [0, 0.05) is 25.1 Å². The van der Waals surface area contributed by atoms with E-state index in [0.29, 0.717) is 6.07 Å². The number of nitrogens with one attached hydrogen (secondary N) is 2. The normalized spacial score (nSPS) is 27.0. The zero-order valence-electron chi connectivity index (χ0n) is 20.8. The summed E-state index contributed by atoms with van der Waals surface area (Å²) in [5.41, 5.74) is -1.72. The summed E-state index contributed by atoms with van der Waals surface area (Å²) in [4.78, 5) is 52.3. The van der Waals surface area contributed by atoms with E-state index in [1.807, 2.05) is 13.8 Å². The van der Waals surface area contributed by atoms with Crippen LogP contribution in [0.15, 0.2) is 10.6 Å². The zero-order chi connectivity index (χ0) is 28.9. The number of aromatic nitrogens is 1. The lowest BCUT2D eigenvalue weighted by Crippen LogP contribution is -2.56. The number of halogens is 6. The molecule has 1 aliphatic carbocycles. The minimum Gasteiger partial charge on any atom is -0.356 e. The first-order valence-corrected chi connectivity index (χ1v) is 12.2. The van der Waals surface area contributed by atoms with Crippen LogP contribution in [0.25, 0.3) is 0 Å². The molecule has 2 saturated heterocycles. The molecule has 216 valence electrons. The minimum atomic E-state index is -5.11. The van der Waals surface area contributed by atoms with Crippen LogP contribution < -0.4 is 10.6 Å². The number of piperidine rings is 1. The molecule has 3 heterocycles. The Hall–Kier alpha value is -3.17. The highest BCUT2D eigenvalue weighted by molar-refractivity contribution is 5.97. The standard InChI is InChI=1S/C23H26F6N4O6/c1-21(2)11-6-14(33(8-12(11)21)20(37)16-7-17(32-39-16)22(24,25)26)19(36)31-13(5-10-3-4-30-18(10)35)15(34)9-38-23(27,28)29/h7,10-14H,3-6,8-9H2,1-2H3,(H,30,35)(H,31,36)/t10-,11?,12-,13+,14-/m0/s1. The number of ether oxygens (including phenoxy) is 1. The Morgan fingerprint density at radius 3 is 2.49 bits per heavy atom. The van der Waals surface area contributed by atoms with E-state index in [9.17, 15) is 45.5 Å². The molecule has 0 aromatic carbocycles. The molecule has 0 radical (unpaired) electrons. The lowest BCUT2D eigenvalue weighted by molar-refractivity contribution is -0.321. The van der Waals surface area contributed by atoms with Gasteiger partial charge < -0.3 is 20.1 Å². The first kappa shape index (κ1) is 28.8. The number of amides is 3. The number of hydrogen-bond donors (Lipinski definition) is 2. The van der Waals surface area contributed by atoms with E-state index in [-0.39, 0.29) is 49.6 Å². The number of alkyl halides is 6. The molecule has 0 bridgehead atoms. The molecule has 3 aliphatic rings. The van der Waals surface area contributed by atoms with E-state index < -0.39 is 72.1 Å². The van der Waals surface area contributed by atoms with Gasteiger partial charge in [-0.2, -0.15) is 13.2 Å². The molecular weight excluding hydrogens is 542 g/mol. The van der Waals surface area contributed by atoms with Gasteiger partial charge in [-0.1, -0.05) is 19.0 Å². The molecule has 3 amide bonds. The third-order valence-electron chi connectivity index (χ3n) is 7.88. The lowest BCUT2D eigenvalue weighted by Gasteiger charge is -2.34. The highest BCUT2D eigenvalue weighted by atomic mass is 19.4. The maximum atomic E-state index is 13.4. The summed E-state index contributed by atoms with van der Waals surface area (Å²) in [6.45, 7) is 2.68. The molecular formula is C23H26F6N4O6. The first-order chi connectivity index (χ1) is 18.0. The molecule has 39 heavy (non-hydrogen) atoms. The van der Waals surface area contributed by atoms with Crippen molar-refractivity contribution in [2.75, 3.05) is 19.7 Å². The smallest absolute Gasteiger partial charge is 0.356 e. The van der Waals surface area contributed by atoms with Crippen molar-refractivity contribution in [2.45, 2.75) is 57.7 Å². The molecule has 2 N–H and O–H groups in total. The van der Waals surface area contributed by atoms with Gasteiger partial charge >= 0.3 is 12.5 Å². The SMILES string of the molecule is CC1(C)C2C[C@@H](C(=O)N[C@H](C[C@@H]3CCNC3=O)C(=O)COC(F)(F)F)N(C(=O)c3cc(C(F)(F)F)no3)C[C@@H]21. The average Bonchev–Trinajstić information content (AvgIpc) is 3.25. The summed E-state index contributed by atoms with van der Waals surface area (Å²) in [6.07, 6.45) is -9.90. The summed E-state index contributed by atoms with van der Waals surface area (Å²) in [5.74, 6) is -5.08. The number of Topliss-reactive ketones (excluding diaryl/α,β-unsaturated/α-hetero) is 1. The van der Waals surface area contributed by atoms with Crippen molar-refractivity contribution in [1.82, 2.24) is 20.7 Å². The quantitative estimate of drug-likeness (QED) is 0.461. The maximum absolute atomic E-state index is 13.4. The van der Waals surface area contributed by atoms with Crippen LogP contribution in [0.4, 0.5) is 26.3 Å². The van der Waals surface area contributed by atoms with Gasteiger partial charge in [-0.3, -0.25) is 23.9 Å². The van der Waals surface area contributed by atoms with Crippen LogP contribution in [0.3, 0.4) is 0 Å². The number of rotatable bonds is 8. The maximum Gasteiger partial charge on any atom is 0.522 e. The number of nitrogens with zero attached hydrogens (tertiary/aromatic N) is 2. The lowest BCUT2D eigenvalue weighted by atomic mass is 9.94. The van der Waals surface area contributed by atoms with Crippen molar-refractivity contribution in [3.8, 4) is 0 Å². The third kappa shape index (κ3) is 6.20. The number of ketones is 1. The fourth-order valence-electron chi connectivity index (χ4n) is 5.47. The number of carbonyl (C=O) groups excluding carboxylic acids is 4. The molecule has 2 aliphatic heterocycles. The Morgan fingerprint density at radius 2 is 1.92 bits per heavy atom. The molecule has 10 nitrogen and oxygen atoms in total. The summed E-state index contributed by atoms with van der Waals surface area (Å²) in [6, 6.07) is -2.39. The van der Waals surface area contributed by atoms with E-state index in [1.54, 1.807) is 0 Å². The molecule has 5 atom stereocenters. The number of fused-ring (bicyclic) bond motifs is 1. The van der Waals surface area contributed by atoms with Crippen molar-refractivity contribution in [3.63, 3.8) is 0 Å². The molecule has 3 fully saturated rings. The van der Waals surface area contributed by atoms with Crippen LogP contribution in [0.5, 0.6) is 0 Å². The first-order valence-electron chi connectivity index (χ1n) is 12.2. The molecule has 4 rings (SSSR count). The van der Waals surface area contributed by atoms with E-state index in [0.717, 1.165) is 4.90 Å². The monoisotopic (exact) mass is 568 g/mol. The molecule has 16 heteroatoms. The van der Waals surface area contributed by atoms with Crippen molar-refractivity contribution in [1.29, 1.82) is 0 Å². The Balaban J connectivity index is 1.55. The highest BCUT2D eigenvalue weighted by Crippen LogP contribution is 2.63. The van der Waals surface area contributed by atoms with E-state index >= 15 is 0 Å². The van der Waals surface area contributed by atoms with E-state index in [2.05, 4.69) is 25.1 Å². The Bertz CT molecular complexity index is 1150. The average molecular weight is 568 g/mol. The predicted octanol–water partition coefficient (Wildman–Crippen LogP) is 2.30. The zero-order valence-corrected chi connectivity index (χ0v) is 20.8. The van der Waals surface area contributed by atoms with Crippen LogP contribution in [0, 0.1) is 23.2 Å². The van der Waals surface area contributed by atoms with Crippen LogP contribution in [-0.2, 0) is 25.3 Å². The second kappa shape index (κ2) is 10.1. The highest BCUT2D eigenvalue weighted by Gasteiger charge is 2.63. The summed E-state index contributed by atoms with van der Waals surface area (Å²) < 4.78 is 84.8. The van der Waals surface area contributed by atoms with Gasteiger partial charge in [0.05, 0.1) is 6.04 Å². The Morgan fingerprint density at radius 1 is 1.23 bits per heavy atom. The molecule has 1 unspecified atom stereocenters. The predicted molar refractivity (Wildman–Crippen MR) is 116 cm³/mol. The molecule has 1 aromatic heterocycles. The summed E-state index contributed by atoms with van der Waals surface area (Å²) in [5, 5.41) is 7.77. The van der Waals surface area contributed by atoms with Gasteiger partial charge in [0.1, 0.15) is 12.6 Å². The van der Waals surface area contributed by atoms with Crippen LogP contribution >= 0.6 is 0 Å². The van der Waals surface area contributed by atoms with Crippen molar-refractivity contribution >= 4 is 23.5 Å². The number of hydrogen-bond acceptors (Lipinski definition) is 7. The van der Waals surface area contributed by atoms with Gasteiger partial charge in [-0.25, -0.2) is 0 Å². The Labute approximate surface area is 217 Å². The minimum absolute atomic E-state index is 0.00251. The van der Waals surface area contributed by atoms with Crippen LogP contribution in [0.2, 0.25) is 0 Å². The topological polar surface area (TPSA) is 131 Å². The van der Waals surface area contributed by atoms with E-state index in [1.165, 1.54) is 0 Å². The van der Waals surface area contributed by atoms with Crippen molar-refractivity contribution in [2.24, 2.45) is 23.2 Å². The fourth-order valence-corrected chi connectivity index (χ4v) is 5.47. The van der Waals surface area contributed by atoms with Crippen LogP contribution in [-0.4, -0.2) is 71.7 Å². The van der Waals surface area contributed by atoms with Gasteiger partial charge in [0.15, 0.2) is 11.5 Å². The molecule has 1 saturated carbocycles. The molecule has 0 spiro atoms. The van der Waals surface area contributed by atoms with Gasteiger partial charge in [-0.15, -0.1) is 13.2 Å². The molecule has 1 aromatic rings. The number of likely N-dealkylation sites (tertiary alicyclic amines) is 1. The fraction of sp³-hybridized carbons (Fsp3) is 0.696. The Kier molecular flexibility index (Phi) is 7.46. The van der Waals surface area contributed by atoms with Gasteiger partial charge in [-0.05, 0) is 36.5 Å². The largest absolute Gasteiger partial charge is 0.522 e. The third-order valence-corrected chi connectivity index (χ3v) is 7.88. The second-order valence-corrected chi connectivity index (χ2v) is 10.6. The van der Waals surface area contributed by atoms with Gasteiger partial charge in [0.2, 0.25) is 17.6 Å².